The number of halogens is 1. The monoisotopic (exact) mass is 398 g/mol. The Bertz CT molecular complexity index is 812. The Labute approximate surface area is 171 Å². The Morgan fingerprint density at radius 2 is 1.79 bits per heavy atom. The van der Waals surface area contributed by atoms with Crippen LogP contribution in [-0.4, -0.2) is 36.9 Å². The van der Waals surface area contributed by atoms with Gasteiger partial charge in [-0.2, -0.15) is 0 Å². The first-order valence-electron chi connectivity index (χ1n) is 9.69. The lowest BCUT2D eigenvalue weighted by Crippen LogP contribution is -2.39. The molecule has 2 N–H and O–H groups in total. The number of nitrogens with zero attached hydrogens (tertiary/aromatic N) is 2. The first kappa shape index (κ1) is 20.2. The van der Waals surface area contributed by atoms with Gasteiger partial charge in [-0.15, -0.1) is 0 Å². The Hall–Kier alpha value is -2.53. The highest BCUT2D eigenvalue weighted by Gasteiger charge is 2.22. The van der Waals surface area contributed by atoms with Crippen molar-refractivity contribution < 1.29 is 4.79 Å². The van der Waals surface area contributed by atoms with Crippen LogP contribution in [0.2, 0.25) is 5.02 Å². The summed E-state index contributed by atoms with van der Waals surface area (Å²) in [5.41, 5.74) is 3.71. The summed E-state index contributed by atoms with van der Waals surface area (Å²) in [5.74, 6) is 0.963. The van der Waals surface area contributed by atoms with E-state index in [4.69, 9.17) is 11.6 Å². The van der Waals surface area contributed by atoms with Gasteiger partial charge in [0.2, 0.25) is 5.91 Å². The minimum absolute atomic E-state index is 0.210. The lowest BCUT2D eigenvalue weighted by molar-refractivity contribution is -0.131. The number of carbonyl (C=O) groups excluding carboxylic acids is 1. The van der Waals surface area contributed by atoms with E-state index in [1.807, 2.05) is 35.2 Å². The third-order valence-electron chi connectivity index (χ3n) is 4.87. The van der Waals surface area contributed by atoms with E-state index in [0.717, 1.165) is 43.5 Å². The zero-order valence-electron chi connectivity index (χ0n) is 16.2. The number of fused-ring (bicyclic) bond motifs is 1. The number of carbonyl (C=O) groups is 1. The molecule has 148 valence electrons. The van der Waals surface area contributed by atoms with E-state index < -0.39 is 0 Å². The van der Waals surface area contributed by atoms with Crippen LogP contribution >= 0.6 is 11.6 Å². The fraction of sp³-hybridized carbons (Fsp3) is 0.364. The molecule has 0 aromatic heterocycles. The van der Waals surface area contributed by atoms with Gasteiger partial charge in [-0.25, -0.2) is 0 Å². The summed E-state index contributed by atoms with van der Waals surface area (Å²) in [6, 6.07) is 16.1. The number of guanidine groups is 1. The number of aliphatic imine (C=N–C) groups is 1. The lowest BCUT2D eigenvalue weighted by Gasteiger charge is -2.16. The molecule has 1 aliphatic rings. The maximum Gasteiger partial charge on any atom is 0.223 e. The standard InChI is InChI=1S/C22H27ClN4O/c1-24-22(26-13-11-17-6-4-9-20(23)14-17)25-12-5-10-21(28)27-15-18-7-2-3-8-19(18)16-27/h2-4,6-9,14H,5,10-13,15-16H2,1H3,(H2,24,25,26). The van der Waals surface area contributed by atoms with Crippen LogP contribution in [0.25, 0.3) is 0 Å². The van der Waals surface area contributed by atoms with Crippen molar-refractivity contribution >= 4 is 23.5 Å². The minimum Gasteiger partial charge on any atom is -0.356 e. The zero-order chi connectivity index (χ0) is 19.8. The molecule has 0 spiro atoms. The number of benzene rings is 2. The predicted molar refractivity (Wildman–Crippen MR) is 114 cm³/mol. The van der Waals surface area contributed by atoms with Crippen molar-refractivity contribution in [3.63, 3.8) is 0 Å². The third kappa shape index (κ3) is 5.73. The molecule has 0 bridgehead atoms. The fourth-order valence-corrected chi connectivity index (χ4v) is 3.57. The molecule has 28 heavy (non-hydrogen) atoms. The lowest BCUT2D eigenvalue weighted by atomic mass is 10.1. The maximum atomic E-state index is 12.4. The number of rotatable bonds is 7. The molecule has 0 fully saturated rings. The molecule has 2 aromatic carbocycles. The molecule has 1 aliphatic heterocycles. The van der Waals surface area contributed by atoms with Crippen molar-refractivity contribution in [2.24, 2.45) is 4.99 Å². The van der Waals surface area contributed by atoms with Gasteiger partial charge in [0, 0.05) is 44.7 Å². The zero-order valence-corrected chi connectivity index (χ0v) is 17.0. The number of hydrogen-bond donors (Lipinski definition) is 2. The largest absolute Gasteiger partial charge is 0.356 e. The van der Waals surface area contributed by atoms with Crippen molar-refractivity contribution in [1.82, 2.24) is 15.5 Å². The number of amides is 1. The second-order valence-corrected chi connectivity index (χ2v) is 7.36. The molecule has 0 atom stereocenters. The van der Waals surface area contributed by atoms with E-state index >= 15 is 0 Å². The van der Waals surface area contributed by atoms with Gasteiger partial charge >= 0.3 is 0 Å². The highest BCUT2D eigenvalue weighted by atomic mass is 35.5. The fourth-order valence-electron chi connectivity index (χ4n) is 3.35. The van der Waals surface area contributed by atoms with Gasteiger partial charge in [-0.05, 0) is 41.7 Å². The van der Waals surface area contributed by atoms with Crippen LogP contribution in [0.1, 0.15) is 29.5 Å². The minimum atomic E-state index is 0.210. The third-order valence-corrected chi connectivity index (χ3v) is 5.11. The van der Waals surface area contributed by atoms with Gasteiger partial charge in [-0.1, -0.05) is 48.0 Å². The smallest absolute Gasteiger partial charge is 0.223 e. The van der Waals surface area contributed by atoms with Crippen LogP contribution in [0, 0.1) is 0 Å². The van der Waals surface area contributed by atoms with Crippen molar-refractivity contribution in [3.8, 4) is 0 Å². The van der Waals surface area contributed by atoms with E-state index in [-0.39, 0.29) is 5.91 Å². The van der Waals surface area contributed by atoms with E-state index in [1.54, 1.807) is 7.05 Å². The topological polar surface area (TPSA) is 56.7 Å². The highest BCUT2D eigenvalue weighted by molar-refractivity contribution is 6.30. The summed E-state index contributed by atoms with van der Waals surface area (Å²) < 4.78 is 0. The second-order valence-electron chi connectivity index (χ2n) is 6.93. The summed E-state index contributed by atoms with van der Waals surface area (Å²) in [4.78, 5) is 18.6. The normalized spacial score (nSPS) is 13.4. The van der Waals surface area contributed by atoms with E-state index in [1.165, 1.54) is 16.7 Å². The van der Waals surface area contributed by atoms with Crippen LogP contribution < -0.4 is 10.6 Å². The Kier molecular flexibility index (Phi) is 7.31. The SMILES string of the molecule is CN=C(NCCCC(=O)N1Cc2ccccc2C1)NCCc1cccc(Cl)c1. The summed E-state index contributed by atoms with van der Waals surface area (Å²) in [5, 5.41) is 7.32. The van der Waals surface area contributed by atoms with Crippen LogP contribution in [0.4, 0.5) is 0 Å². The van der Waals surface area contributed by atoms with Crippen molar-refractivity contribution in [2.45, 2.75) is 32.4 Å². The van der Waals surface area contributed by atoms with E-state index in [0.29, 0.717) is 13.0 Å². The summed E-state index contributed by atoms with van der Waals surface area (Å²) in [7, 11) is 1.75. The van der Waals surface area contributed by atoms with Gasteiger partial charge in [0.1, 0.15) is 0 Å². The molecule has 0 radical (unpaired) electrons. The molecule has 0 unspecified atom stereocenters. The summed E-state index contributed by atoms with van der Waals surface area (Å²) >= 11 is 6.01. The predicted octanol–water partition coefficient (Wildman–Crippen LogP) is 3.37. The van der Waals surface area contributed by atoms with Crippen molar-refractivity contribution in [2.75, 3.05) is 20.1 Å². The van der Waals surface area contributed by atoms with Gasteiger partial charge in [-0.3, -0.25) is 9.79 Å². The summed E-state index contributed by atoms with van der Waals surface area (Å²) in [6.07, 6.45) is 2.19. The van der Waals surface area contributed by atoms with Crippen LogP contribution in [0.5, 0.6) is 0 Å². The molecular formula is C22H27ClN4O. The molecule has 1 heterocycles. The first-order chi connectivity index (χ1) is 13.7. The Morgan fingerprint density at radius 3 is 2.46 bits per heavy atom. The highest BCUT2D eigenvalue weighted by Crippen LogP contribution is 2.22. The van der Waals surface area contributed by atoms with Gasteiger partial charge in [0.05, 0.1) is 0 Å². The number of nitrogens with one attached hydrogen (secondary N) is 2. The maximum absolute atomic E-state index is 12.4. The van der Waals surface area contributed by atoms with Gasteiger partial charge in [0.25, 0.3) is 0 Å². The van der Waals surface area contributed by atoms with Crippen LogP contribution in [-0.2, 0) is 24.3 Å². The molecule has 1 amide bonds. The van der Waals surface area contributed by atoms with E-state index in [2.05, 4.69) is 33.8 Å². The number of hydrogen-bond acceptors (Lipinski definition) is 2. The summed E-state index contributed by atoms with van der Waals surface area (Å²) in [6.45, 7) is 2.94. The Balaban J connectivity index is 1.32. The quantitative estimate of drug-likeness (QED) is 0.427. The average molecular weight is 399 g/mol. The molecule has 6 heteroatoms. The average Bonchev–Trinajstić information content (AvgIpc) is 3.14. The molecule has 2 aromatic rings. The molecule has 0 saturated heterocycles. The second kappa shape index (κ2) is 10.1. The van der Waals surface area contributed by atoms with Crippen molar-refractivity contribution in [3.05, 3.63) is 70.2 Å². The molecule has 0 aliphatic carbocycles. The van der Waals surface area contributed by atoms with Gasteiger partial charge < -0.3 is 15.5 Å². The van der Waals surface area contributed by atoms with Gasteiger partial charge in [0.15, 0.2) is 5.96 Å². The molecule has 0 saturated carbocycles. The Morgan fingerprint density at radius 1 is 1.07 bits per heavy atom. The van der Waals surface area contributed by atoms with Crippen LogP contribution in [0.15, 0.2) is 53.5 Å². The van der Waals surface area contributed by atoms with Crippen LogP contribution in [0.3, 0.4) is 0 Å². The molecule has 3 rings (SSSR count). The molecule has 5 nitrogen and oxygen atoms in total. The van der Waals surface area contributed by atoms with Crippen molar-refractivity contribution in [1.29, 1.82) is 0 Å². The molecular weight excluding hydrogens is 372 g/mol. The first-order valence-corrected chi connectivity index (χ1v) is 10.1. The van der Waals surface area contributed by atoms with E-state index in [9.17, 15) is 4.79 Å².